The van der Waals surface area contributed by atoms with E-state index in [9.17, 15) is 0 Å². The summed E-state index contributed by atoms with van der Waals surface area (Å²) in [6.07, 6.45) is 2.55. The highest BCUT2D eigenvalue weighted by Crippen LogP contribution is 2.38. The summed E-state index contributed by atoms with van der Waals surface area (Å²) in [5.74, 6) is 1.58. The van der Waals surface area contributed by atoms with Gasteiger partial charge < -0.3 is 5.73 Å². The molecule has 0 amide bonds. The predicted octanol–water partition coefficient (Wildman–Crippen LogP) is 2.57. The number of fused-ring (bicyclic) bond motifs is 1. The summed E-state index contributed by atoms with van der Waals surface area (Å²) in [6, 6.07) is 2.43. The van der Waals surface area contributed by atoms with E-state index < -0.39 is 0 Å². The molecule has 0 radical (unpaired) electrons. The number of halogens is 1. The van der Waals surface area contributed by atoms with E-state index in [4.69, 9.17) is 17.3 Å². The Morgan fingerprint density at radius 3 is 3.00 bits per heavy atom. The second kappa shape index (κ2) is 4.30. The molecule has 2 fully saturated rings. The van der Waals surface area contributed by atoms with Crippen LogP contribution in [0.4, 0.5) is 0 Å². The van der Waals surface area contributed by atoms with Crippen molar-refractivity contribution in [1.82, 2.24) is 4.90 Å². The molecule has 1 saturated heterocycles. The fourth-order valence-electron chi connectivity index (χ4n) is 3.17. The summed E-state index contributed by atoms with van der Waals surface area (Å²) >= 11 is 7.89. The van der Waals surface area contributed by atoms with Gasteiger partial charge in [0.05, 0.1) is 5.02 Å². The average Bonchev–Trinajstić information content (AvgIpc) is 2.90. The average molecular weight is 257 g/mol. The lowest BCUT2D eigenvalue weighted by Gasteiger charge is -2.17. The highest BCUT2D eigenvalue weighted by atomic mass is 35.5. The van der Waals surface area contributed by atoms with Crippen LogP contribution < -0.4 is 5.73 Å². The van der Waals surface area contributed by atoms with E-state index in [1.807, 2.05) is 6.07 Å². The fraction of sp³-hybridized carbons (Fsp3) is 0.667. The van der Waals surface area contributed by atoms with Crippen molar-refractivity contribution < 1.29 is 0 Å². The molecule has 2 aliphatic rings. The molecule has 1 aromatic rings. The molecular formula is C12H17ClN2S. The normalized spacial score (nSPS) is 34.5. The molecule has 2 nitrogen and oxygen atoms in total. The fourth-order valence-corrected chi connectivity index (χ4v) is 4.31. The number of rotatable bonds is 2. The van der Waals surface area contributed by atoms with Crippen molar-refractivity contribution >= 4 is 22.9 Å². The third kappa shape index (κ3) is 1.90. The van der Waals surface area contributed by atoms with Crippen molar-refractivity contribution in [3.63, 3.8) is 0 Å². The maximum absolute atomic E-state index is 6.14. The second-order valence-electron chi connectivity index (χ2n) is 5.05. The number of nitrogens with zero attached hydrogens (tertiary/aromatic N) is 1. The topological polar surface area (TPSA) is 29.3 Å². The number of nitrogens with two attached hydrogens (primary N) is 1. The van der Waals surface area contributed by atoms with Crippen LogP contribution in [-0.2, 0) is 6.54 Å². The number of hydrogen-bond donors (Lipinski definition) is 1. The Labute approximate surface area is 105 Å². The van der Waals surface area contributed by atoms with Gasteiger partial charge in [0.25, 0.3) is 0 Å². The van der Waals surface area contributed by atoms with Crippen LogP contribution >= 0.6 is 22.9 Å². The van der Waals surface area contributed by atoms with E-state index in [-0.39, 0.29) is 0 Å². The summed E-state index contributed by atoms with van der Waals surface area (Å²) in [5, 5.41) is 2.99. The van der Waals surface area contributed by atoms with Gasteiger partial charge in [-0.1, -0.05) is 11.6 Å². The van der Waals surface area contributed by atoms with E-state index in [1.54, 1.807) is 11.3 Å². The summed E-state index contributed by atoms with van der Waals surface area (Å²) < 4.78 is 0. The zero-order valence-corrected chi connectivity index (χ0v) is 10.8. The zero-order chi connectivity index (χ0) is 11.1. The SMILES string of the molecule is NC1CCC2CN(Cc3sccc3Cl)CC12. The van der Waals surface area contributed by atoms with Crippen LogP contribution in [0, 0.1) is 11.8 Å². The highest BCUT2D eigenvalue weighted by Gasteiger charge is 2.40. The summed E-state index contributed by atoms with van der Waals surface area (Å²) in [5.41, 5.74) is 6.14. The van der Waals surface area contributed by atoms with Gasteiger partial charge in [-0.15, -0.1) is 11.3 Å². The Balaban J connectivity index is 1.65. The molecule has 2 heterocycles. The third-order valence-electron chi connectivity index (χ3n) is 4.05. The molecule has 3 atom stereocenters. The molecule has 2 N–H and O–H groups in total. The molecule has 4 heteroatoms. The van der Waals surface area contributed by atoms with Crippen molar-refractivity contribution in [2.45, 2.75) is 25.4 Å². The molecule has 1 aliphatic heterocycles. The van der Waals surface area contributed by atoms with Crippen LogP contribution in [0.1, 0.15) is 17.7 Å². The maximum atomic E-state index is 6.14. The number of likely N-dealkylation sites (tertiary alicyclic amines) is 1. The molecule has 0 bridgehead atoms. The quantitative estimate of drug-likeness (QED) is 0.881. The maximum Gasteiger partial charge on any atom is 0.0558 e. The number of hydrogen-bond acceptors (Lipinski definition) is 3. The van der Waals surface area contributed by atoms with E-state index >= 15 is 0 Å². The second-order valence-corrected chi connectivity index (χ2v) is 6.46. The molecule has 3 unspecified atom stereocenters. The standard InChI is InChI=1S/C12H17ClN2S/c13-10-3-4-16-12(10)7-15-5-8-1-2-11(14)9(8)6-15/h3-4,8-9,11H,1-2,5-7,14H2. The Hall–Kier alpha value is -0.0900. The van der Waals surface area contributed by atoms with E-state index in [0.29, 0.717) is 6.04 Å². The van der Waals surface area contributed by atoms with Crippen LogP contribution in [0.25, 0.3) is 0 Å². The van der Waals surface area contributed by atoms with Crippen molar-refractivity contribution in [2.24, 2.45) is 17.6 Å². The molecule has 0 aromatic carbocycles. The molecule has 88 valence electrons. The lowest BCUT2D eigenvalue weighted by atomic mass is 9.98. The van der Waals surface area contributed by atoms with Crippen LogP contribution in [0.2, 0.25) is 5.02 Å². The molecular weight excluding hydrogens is 240 g/mol. The Bertz CT molecular complexity index is 379. The van der Waals surface area contributed by atoms with Gasteiger partial charge in [0.1, 0.15) is 0 Å². The van der Waals surface area contributed by atoms with E-state index in [1.165, 1.54) is 30.8 Å². The molecule has 3 rings (SSSR count). The minimum absolute atomic E-state index is 0.439. The lowest BCUT2D eigenvalue weighted by Crippen LogP contribution is -2.30. The molecule has 1 aliphatic carbocycles. The predicted molar refractivity (Wildman–Crippen MR) is 68.8 cm³/mol. The summed E-state index contributed by atoms with van der Waals surface area (Å²) in [4.78, 5) is 3.82. The van der Waals surface area contributed by atoms with Gasteiger partial charge in [-0.05, 0) is 36.1 Å². The molecule has 1 aromatic heterocycles. The summed E-state index contributed by atoms with van der Waals surface area (Å²) in [6.45, 7) is 3.39. The smallest absolute Gasteiger partial charge is 0.0558 e. The van der Waals surface area contributed by atoms with Gasteiger partial charge in [-0.3, -0.25) is 4.90 Å². The highest BCUT2D eigenvalue weighted by molar-refractivity contribution is 7.10. The lowest BCUT2D eigenvalue weighted by molar-refractivity contribution is 0.301. The monoisotopic (exact) mass is 256 g/mol. The van der Waals surface area contributed by atoms with Gasteiger partial charge in [-0.2, -0.15) is 0 Å². The Kier molecular flexibility index (Phi) is 2.96. The van der Waals surface area contributed by atoms with Crippen LogP contribution in [0.15, 0.2) is 11.4 Å². The minimum Gasteiger partial charge on any atom is -0.327 e. The molecule has 1 saturated carbocycles. The van der Waals surface area contributed by atoms with Crippen molar-refractivity contribution in [2.75, 3.05) is 13.1 Å². The molecule has 16 heavy (non-hydrogen) atoms. The zero-order valence-electron chi connectivity index (χ0n) is 9.23. The first-order valence-corrected chi connectivity index (χ1v) is 7.19. The van der Waals surface area contributed by atoms with Gasteiger partial charge in [0.15, 0.2) is 0 Å². The summed E-state index contributed by atoms with van der Waals surface area (Å²) in [7, 11) is 0. The van der Waals surface area contributed by atoms with Crippen molar-refractivity contribution in [3.8, 4) is 0 Å². The Morgan fingerprint density at radius 2 is 2.31 bits per heavy atom. The van der Waals surface area contributed by atoms with Crippen molar-refractivity contribution in [3.05, 3.63) is 21.3 Å². The largest absolute Gasteiger partial charge is 0.327 e. The van der Waals surface area contributed by atoms with Gasteiger partial charge in [0.2, 0.25) is 0 Å². The van der Waals surface area contributed by atoms with Gasteiger partial charge >= 0.3 is 0 Å². The van der Waals surface area contributed by atoms with Gasteiger partial charge in [-0.25, -0.2) is 0 Å². The van der Waals surface area contributed by atoms with Crippen LogP contribution in [0.5, 0.6) is 0 Å². The first kappa shape index (κ1) is 11.0. The van der Waals surface area contributed by atoms with Gasteiger partial charge in [0, 0.05) is 30.6 Å². The van der Waals surface area contributed by atoms with Crippen LogP contribution in [-0.4, -0.2) is 24.0 Å². The third-order valence-corrected chi connectivity index (χ3v) is 5.42. The first-order valence-electron chi connectivity index (χ1n) is 5.94. The first-order chi connectivity index (χ1) is 7.74. The number of thiophene rings is 1. The minimum atomic E-state index is 0.439. The Morgan fingerprint density at radius 1 is 1.44 bits per heavy atom. The van der Waals surface area contributed by atoms with Crippen LogP contribution in [0.3, 0.4) is 0 Å². The van der Waals surface area contributed by atoms with E-state index in [0.717, 1.165) is 23.4 Å². The van der Waals surface area contributed by atoms with Crippen molar-refractivity contribution in [1.29, 1.82) is 0 Å². The molecule has 0 spiro atoms. The van der Waals surface area contributed by atoms with E-state index in [2.05, 4.69) is 10.3 Å².